The van der Waals surface area contributed by atoms with E-state index < -0.39 is 5.60 Å². The molecule has 6 nitrogen and oxygen atoms in total. The Morgan fingerprint density at radius 1 is 1.18 bits per heavy atom. The second kappa shape index (κ2) is 8.36. The van der Waals surface area contributed by atoms with Crippen LogP contribution in [0.15, 0.2) is 0 Å². The largest absolute Gasteiger partial charge is 0.444 e. The number of hydrogen-bond donors (Lipinski definition) is 3. The lowest BCUT2D eigenvalue weighted by molar-refractivity contribution is -0.120. The average molecular weight is 313 g/mol. The summed E-state index contributed by atoms with van der Waals surface area (Å²) in [6.07, 6.45) is 3.48. The van der Waals surface area contributed by atoms with Crippen LogP contribution in [0.2, 0.25) is 0 Å². The van der Waals surface area contributed by atoms with Gasteiger partial charge in [0, 0.05) is 18.1 Å². The van der Waals surface area contributed by atoms with Crippen LogP contribution in [0.25, 0.3) is 0 Å². The molecule has 0 aromatic carbocycles. The van der Waals surface area contributed by atoms with Crippen LogP contribution >= 0.6 is 0 Å². The summed E-state index contributed by atoms with van der Waals surface area (Å²) in [5, 5.41) is 9.06. The number of alkyl carbamates (subject to hydrolysis) is 1. The van der Waals surface area contributed by atoms with Gasteiger partial charge in [0.05, 0.1) is 6.54 Å². The Morgan fingerprint density at radius 2 is 1.82 bits per heavy atom. The van der Waals surface area contributed by atoms with Gasteiger partial charge < -0.3 is 20.7 Å². The number of carbonyl (C=O) groups excluding carboxylic acids is 2. The van der Waals surface area contributed by atoms with E-state index in [2.05, 4.69) is 16.0 Å². The quantitative estimate of drug-likeness (QED) is 0.724. The molecule has 2 amide bonds. The smallest absolute Gasteiger partial charge is 0.407 e. The number of amides is 2. The van der Waals surface area contributed by atoms with Crippen molar-refractivity contribution in [1.29, 1.82) is 0 Å². The molecule has 1 rings (SSSR count). The standard InChI is InChI=1S/C16H31N3O3/c1-11(2)18-14(20)10-17-12-7-6-8-13(9-12)19-15(21)22-16(3,4)5/h11-13,17H,6-10H2,1-5H3,(H,18,20)(H,19,21). The number of hydrogen-bond acceptors (Lipinski definition) is 4. The lowest BCUT2D eigenvalue weighted by Gasteiger charge is -2.31. The van der Waals surface area contributed by atoms with Crippen molar-refractivity contribution in [2.24, 2.45) is 0 Å². The van der Waals surface area contributed by atoms with Crippen molar-refractivity contribution >= 4 is 12.0 Å². The molecule has 0 aromatic heterocycles. The van der Waals surface area contributed by atoms with Crippen LogP contribution in [0.3, 0.4) is 0 Å². The summed E-state index contributed by atoms with van der Waals surface area (Å²) in [6.45, 7) is 9.77. The molecule has 0 bridgehead atoms. The van der Waals surface area contributed by atoms with Gasteiger partial charge in [-0.25, -0.2) is 4.79 Å². The molecule has 0 heterocycles. The fraction of sp³-hybridized carbons (Fsp3) is 0.875. The maximum Gasteiger partial charge on any atom is 0.407 e. The predicted octanol–water partition coefficient (Wildman–Crippen LogP) is 1.94. The summed E-state index contributed by atoms with van der Waals surface area (Å²) < 4.78 is 5.28. The minimum atomic E-state index is -0.481. The number of nitrogens with one attached hydrogen (secondary N) is 3. The summed E-state index contributed by atoms with van der Waals surface area (Å²) in [7, 11) is 0. The topological polar surface area (TPSA) is 79.5 Å². The summed E-state index contributed by atoms with van der Waals surface area (Å²) in [6, 6.07) is 0.517. The molecular weight excluding hydrogens is 282 g/mol. The molecule has 128 valence electrons. The SMILES string of the molecule is CC(C)NC(=O)CNC1CCCC(NC(=O)OC(C)(C)C)C1. The first-order valence-electron chi connectivity index (χ1n) is 8.18. The van der Waals surface area contributed by atoms with Gasteiger partial charge in [-0.15, -0.1) is 0 Å². The molecule has 0 aliphatic heterocycles. The van der Waals surface area contributed by atoms with Gasteiger partial charge in [0.1, 0.15) is 5.60 Å². The first kappa shape index (κ1) is 18.7. The second-order valence-corrected chi connectivity index (χ2v) is 7.31. The Kier molecular flexibility index (Phi) is 7.13. The molecule has 1 aliphatic rings. The molecule has 3 N–H and O–H groups in total. The zero-order chi connectivity index (χ0) is 16.8. The Labute approximate surface area is 133 Å². The van der Waals surface area contributed by atoms with Gasteiger partial charge in [-0.2, -0.15) is 0 Å². The van der Waals surface area contributed by atoms with E-state index in [1.807, 2.05) is 34.6 Å². The minimum absolute atomic E-state index is 0.0113. The third kappa shape index (κ3) is 8.22. The van der Waals surface area contributed by atoms with Gasteiger partial charge in [-0.05, 0) is 60.3 Å². The van der Waals surface area contributed by atoms with Crippen LogP contribution < -0.4 is 16.0 Å². The molecule has 1 saturated carbocycles. The van der Waals surface area contributed by atoms with Crippen LogP contribution in [0.5, 0.6) is 0 Å². The van der Waals surface area contributed by atoms with Crippen LogP contribution in [0.1, 0.15) is 60.3 Å². The van der Waals surface area contributed by atoms with Gasteiger partial charge in [0.15, 0.2) is 0 Å². The first-order valence-corrected chi connectivity index (χ1v) is 8.18. The number of rotatable bonds is 5. The highest BCUT2D eigenvalue weighted by Crippen LogP contribution is 2.19. The Balaban J connectivity index is 2.32. The molecule has 0 spiro atoms. The lowest BCUT2D eigenvalue weighted by atomic mass is 9.91. The number of ether oxygens (including phenoxy) is 1. The first-order chi connectivity index (χ1) is 10.2. The molecule has 1 fully saturated rings. The van der Waals surface area contributed by atoms with E-state index in [1.54, 1.807) is 0 Å². The highest BCUT2D eigenvalue weighted by molar-refractivity contribution is 5.78. The van der Waals surface area contributed by atoms with Crippen LogP contribution in [-0.4, -0.2) is 42.3 Å². The normalized spacial score (nSPS) is 22.3. The molecule has 2 unspecified atom stereocenters. The van der Waals surface area contributed by atoms with E-state index in [0.29, 0.717) is 6.54 Å². The maximum atomic E-state index is 11.8. The third-order valence-corrected chi connectivity index (χ3v) is 3.40. The molecule has 0 aromatic rings. The highest BCUT2D eigenvalue weighted by atomic mass is 16.6. The van der Waals surface area contributed by atoms with Crippen LogP contribution in [-0.2, 0) is 9.53 Å². The Morgan fingerprint density at radius 3 is 2.41 bits per heavy atom. The fourth-order valence-corrected chi connectivity index (χ4v) is 2.59. The van der Waals surface area contributed by atoms with E-state index in [0.717, 1.165) is 25.7 Å². The summed E-state index contributed by atoms with van der Waals surface area (Å²) >= 11 is 0. The molecule has 6 heteroatoms. The molecule has 0 radical (unpaired) electrons. The second-order valence-electron chi connectivity index (χ2n) is 7.31. The molecule has 22 heavy (non-hydrogen) atoms. The summed E-state index contributed by atoms with van der Waals surface area (Å²) in [4.78, 5) is 23.5. The molecular formula is C16H31N3O3. The van der Waals surface area contributed by atoms with Crippen molar-refractivity contribution in [2.75, 3.05) is 6.54 Å². The van der Waals surface area contributed by atoms with Crippen molar-refractivity contribution in [3.63, 3.8) is 0 Å². The van der Waals surface area contributed by atoms with Crippen molar-refractivity contribution < 1.29 is 14.3 Å². The van der Waals surface area contributed by atoms with Crippen molar-refractivity contribution in [1.82, 2.24) is 16.0 Å². The maximum absolute atomic E-state index is 11.8. The van der Waals surface area contributed by atoms with Crippen LogP contribution in [0, 0.1) is 0 Å². The van der Waals surface area contributed by atoms with E-state index in [9.17, 15) is 9.59 Å². The number of carbonyl (C=O) groups is 2. The third-order valence-electron chi connectivity index (χ3n) is 3.40. The van der Waals surface area contributed by atoms with E-state index in [-0.39, 0.29) is 30.1 Å². The molecule has 1 aliphatic carbocycles. The monoisotopic (exact) mass is 313 g/mol. The summed E-state index contributed by atoms with van der Waals surface area (Å²) in [5.41, 5.74) is -0.481. The van der Waals surface area contributed by atoms with Gasteiger partial charge >= 0.3 is 6.09 Å². The van der Waals surface area contributed by atoms with Gasteiger partial charge in [0.25, 0.3) is 0 Å². The van der Waals surface area contributed by atoms with E-state index >= 15 is 0 Å². The zero-order valence-electron chi connectivity index (χ0n) is 14.5. The molecule has 0 saturated heterocycles. The van der Waals surface area contributed by atoms with Gasteiger partial charge in [-0.1, -0.05) is 0 Å². The average Bonchev–Trinajstić information content (AvgIpc) is 2.33. The van der Waals surface area contributed by atoms with Crippen molar-refractivity contribution in [2.45, 2.75) is 84.0 Å². The Hall–Kier alpha value is -1.30. The van der Waals surface area contributed by atoms with Gasteiger partial charge in [0.2, 0.25) is 5.91 Å². The Bertz CT molecular complexity index is 377. The van der Waals surface area contributed by atoms with Crippen molar-refractivity contribution in [3.8, 4) is 0 Å². The van der Waals surface area contributed by atoms with Gasteiger partial charge in [-0.3, -0.25) is 4.79 Å². The van der Waals surface area contributed by atoms with E-state index in [1.165, 1.54) is 0 Å². The lowest BCUT2D eigenvalue weighted by Crippen LogP contribution is -2.48. The highest BCUT2D eigenvalue weighted by Gasteiger charge is 2.25. The zero-order valence-corrected chi connectivity index (χ0v) is 14.5. The fourth-order valence-electron chi connectivity index (χ4n) is 2.59. The summed E-state index contributed by atoms with van der Waals surface area (Å²) in [5.74, 6) is 0.0113. The van der Waals surface area contributed by atoms with Crippen LogP contribution in [0.4, 0.5) is 4.79 Å². The predicted molar refractivity (Wildman–Crippen MR) is 86.7 cm³/mol. The van der Waals surface area contributed by atoms with Crippen molar-refractivity contribution in [3.05, 3.63) is 0 Å². The van der Waals surface area contributed by atoms with E-state index in [4.69, 9.17) is 4.74 Å². The molecule has 2 atom stereocenters. The minimum Gasteiger partial charge on any atom is -0.444 e.